The van der Waals surface area contributed by atoms with E-state index in [9.17, 15) is 0 Å². The zero-order chi connectivity index (χ0) is 41.7. The van der Waals surface area contributed by atoms with Gasteiger partial charge in [-0.2, -0.15) is 0 Å². The molecule has 2 aromatic heterocycles. The Kier molecular flexibility index (Phi) is 7.98. The fourth-order valence-electron chi connectivity index (χ4n) is 11.0. The molecular formula is C57H42N4O. The number of fused-ring (bicyclic) bond motifs is 10. The van der Waals surface area contributed by atoms with Gasteiger partial charge in [0.25, 0.3) is 0 Å². The highest BCUT2D eigenvalue weighted by molar-refractivity contribution is 5.98. The van der Waals surface area contributed by atoms with Crippen molar-refractivity contribution in [2.45, 2.75) is 32.2 Å². The molecule has 8 aromatic rings. The van der Waals surface area contributed by atoms with Crippen molar-refractivity contribution in [3.8, 4) is 23.6 Å². The molecule has 0 N–H and O–H groups in total. The summed E-state index contributed by atoms with van der Waals surface area (Å²) in [5.74, 6) is 4.79. The van der Waals surface area contributed by atoms with Gasteiger partial charge >= 0.3 is 0 Å². The van der Waals surface area contributed by atoms with Gasteiger partial charge in [-0.15, -0.1) is 6.42 Å². The van der Waals surface area contributed by atoms with Crippen molar-refractivity contribution in [2.24, 2.45) is 11.8 Å². The predicted octanol–water partition coefficient (Wildman–Crippen LogP) is 13.8. The minimum atomic E-state index is -0.571. The zero-order valence-electron chi connectivity index (χ0n) is 34.7. The average Bonchev–Trinajstić information content (AvgIpc) is 3.94. The van der Waals surface area contributed by atoms with E-state index in [2.05, 4.69) is 212 Å². The van der Waals surface area contributed by atoms with Crippen LogP contribution in [0.5, 0.6) is 0 Å². The third-order valence-electron chi connectivity index (χ3n) is 13.8. The van der Waals surface area contributed by atoms with Crippen molar-refractivity contribution < 1.29 is 4.42 Å². The third-order valence-corrected chi connectivity index (χ3v) is 13.8. The molecule has 0 amide bonds. The minimum Gasteiger partial charge on any atom is -0.458 e. The van der Waals surface area contributed by atoms with Gasteiger partial charge in [0, 0.05) is 50.3 Å². The molecule has 5 nitrogen and oxygen atoms in total. The maximum atomic E-state index is 7.06. The Balaban J connectivity index is 1.09. The number of allylic oxidation sites excluding steroid dienone is 7. The lowest BCUT2D eigenvalue weighted by atomic mass is 9.62. The summed E-state index contributed by atoms with van der Waals surface area (Å²) in [4.78, 5) is 15.7. The summed E-state index contributed by atoms with van der Waals surface area (Å²) in [6.07, 6.45) is 17.8. The first-order valence-corrected chi connectivity index (χ1v) is 21.5. The molecule has 62 heavy (non-hydrogen) atoms. The van der Waals surface area contributed by atoms with Crippen LogP contribution in [-0.2, 0) is 5.41 Å². The number of hydrogen-bond acceptors (Lipinski definition) is 5. The summed E-state index contributed by atoms with van der Waals surface area (Å²) in [5.41, 5.74) is 13.4. The molecule has 0 saturated carbocycles. The predicted molar refractivity (Wildman–Crippen MR) is 254 cm³/mol. The van der Waals surface area contributed by atoms with Gasteiger partial charge in [-0.25, -0.2) is 9.97 Å². The standard InChI is InChI=1S/C57H42N4O/c1-5-18-43-48(6-2)60(39-21-8-7-9-22-39)50-32-31-40(35(3)52(43)50)46-34-44-41-23-13-17-28-51(41)62-54(44)55-57(46,4)45-25-14-16-27-49(45)61(55)56-58-47-26-15-12-24-42(47)53(59-56)38-30-29-36-19-10-11-20-37(36)33-38/h2,5,7-35,52,55H,1,3-4H3/b18-5-. The van der Waals surface area contributed by atoms with Crippen molar-refractivity contribution in [1.82, 2.24) is 9.97 Å². The van der Waals surface area contributed by atoms with Crippen LogP contribution in [0, 0.1) is 24.2 Å². The average molecular weight is 799 g/mol. The molecule has 2 aliphatic heterocycles. The SMILES string of the molecule is C#CC1=C(/C=C\C)C2C(=CC=C(C3=Cc4c(oc5ccccc45)C4N(c5nc(-c6ccc7ccccc7c6)c6ccccc6n5)c5ccccc5C34C)C2C)N1c1ccccc1. The fourth-order valence-corrected chi connectivity index (χ4v) is 11.0. The number of aromatic nitrogens is 2. The summed E-state index contributed by atoms with van der Waals surface area (Å²) in [6, 6.07) is 50.9. The van der Waals surface area contributed by atoms with E-state index in [1.807, 2.05) is 0 Å². The molecule has 0 radical (unpaired) electrons. The zero-order valence-corrected chi connectivity index (χ0v) is 34.7. The van der Waals surface area contributed by atoms with Crippen LogP contribution in [0.3, 0.4) is 0 Å². The molecule has 0 fully saturated rings. The first-order valence-electron chi connectivity index (χ1n) is 21.5. The van der Waals surface area contributed by atoms with Crippen LogP contribution in [0.15, 0.2) is 202 Å². The third kappa shape index (κ3) is 5.04. The highest BCUT2D eigenvalue weighted by Gasteiger charge is 2.58. The molecule has 0 spiro atoms. The molecule has 296 valence electrons. The van der Waals surface area contributed by atoms with Crippen molar-refractivity contribution in [1.29, 1.82) is 0 Å². The number of terminal acetylenes is 1. The minimum absolute atomic E-state index is 0.0454. The largest absolute Gasteiger partial charge is 0.458 e. The van der Waals surface area contributed by atoms with Crippen LogP contribution in [-0.4, -0.2) is 9.97 Å². The molecule has 5 heteroatoms. The van der Waals surface area contributed by atoms with Gasteiger partial charge in [-0.05, 0) is 101 Å². The van der Waals surface area contributed by atoms with Gasteiger partial charge in [0.15, 0.2) is 0 Å². The molecular weight excluding hydrogens is 757 g/mol. The highest BCUT2D eigenvalue weighted by atomic mass is 16.3. The van der Waals surface area contributed by atoms with E-state index in [0.29, 0.717) is 5.95 Å². The molecule has 0 saturated heterocycles. The molecule has 6 aromatic carbocycles. The second kappa shape index (κ2) is 13.7. The number of benzene rings is 6. The summed E-state index contributed by atoms with van der Waals surface area (Å²) in [7, 11) is 0. The number of para-hydroxylation sites is 4. The monoisotopic (exact) mass is 798 g/mol. The van der Waals surface area contributed by atoms with E-state index in [1.165, 1.54) is 33.2 Å². The summed E-state index contributed by atoms with van der Waals surface area (Å²) >= 11 is 0. The molecule has 4 unspecified atom stereocenters. The number of anilines is 3. The van der Waals surface area contributed by atoms with E-state index in [-0.39, 0.29) is 17.9 Å². The Morgan fingerprint density at radius 3 is 2.35 bits per heavy atom. The second-order valence-electron chi connectivity index (χ2n) is 17.0. The molecule has 4 heterocycles. The first-order chi connectivity index (χ1) is 30.5. The quantitative estimate of drug-likeness (QED) is 0.162. The van der Waals surface area contributed by atoms with E-state index < -0.39 is 5.41 Å². The highest BCUT2D eigenvalue weighted by Crippen LogP contribution is 2.65. The van der Waals surface area contributed by atoms with E-state index in [1.54, 1.807) is 0 Å². The normalized spacial score (nSPS) is 21.5. The summed E-state index contributed by atoms with van der Waals surface area (Å²) < 4.78 is 7.06. The maximum absolute atomic E-state index is 7.06. The topological polar surface area (TPSA) is 45.4 Å². The fraction of sp³-hybridized carbons (Fsp3) is 0.123. The van der Waals surface area contributed by atoms with Crippen LogP contribution in [0.25, 0.3) is 50.0 Å². The Morgan fingerprint density at radius 2 is 1.52 bits per heavy atom. The van der Waals surface area contributed by atoms with E-state index >= 15 is 0 Å². The number of hydrogen-bond donors (Lipinski definition) is 0. The maximum Gasteiger partial charge on any atom is 0.231 e. The lowest BCUT2D eigenvalue weighted by Gasteiger charge is -2.43. The number of nitrogens with zero attached hydrogens (tertiary/aromatic N) is 4. The van der Waals surface area contributed by atoms with Crippen LogP contribution < -0.4 is 9.80 Å². The van der Waals surface area contributed by atoms with Crippen LogP contribution in [0.4, 0.5) is 17.3 Å². The summed E-state index contributed by atoms with van der Waals surface area (Å²) in [6.45, 7) is 6.85. The number of rotatable bonds is 5. The Morgan fingerprint density at radius 1 is 0.774 bits per heavy atom. The van der Waals surface area contributed by atoms with Crippen molar-refractivity contribution in [3.05, 3.63) is 215 Å². The van der Waals surface area contributed by atoms with Gasteiger partial charge in [0.05, 0.1) is 11.2 Å². The molecule has 2 aliphatic carbocycles. The summed E-state index contributed by atoms with van der Waals surface area (Å²) in [5, 5.41) is 4.47. The lowest BCUT2D eigenvalue weighted by molar-refractivity contribution is 0.386. The molecule has 4 atom stereocenters. The molecule has 4 aliphatic rings. The van der Waals surface area contributed by atoms with Crippen molar-refractivity contribution in [2.75, 3.05) is 9.80 Å². The van der Waals surface area contributed by atoms with Gasteiger partial charge in [-0.3, -0.25) is 4.90 Å². The van der Waals surface area contributed by atoms with Crippen LogP contribution in [0.1, 0.15) is 43.7 Å². The first kappa shape index (κ1) is 36.2. The van der Waals surface area contributed by atoms with Crippen LogP contribution >= 0.6 is 0 Å². The molecule has 12 rings (SSSR count). The van der Waals surface area contributed by atoms with Crippen molar-refractivity contribution in [3.63, 3.8) is 0 Å². The van der Waals surface area contributed by atoms with E-state index in [4.69, 9.17) is 20.8 Å². The Bertz CT molecular complexity index is 3390. The van der Waals surface area contributed by atoms with Gasteiger partial charge in [-0.1, -0.05) is 140 Å². The number of furan rings is 1. The van der Waals surface area contributed by atoms with Crippen LogP contribution in [0.2, 0.25) is 0 Å². The lowest BCUT2D eigenvalue weighted by Crippen LogP contribution is -2.40. The van der Waals surface area contributed by atoms with Crippen molar-refractivity contribution >= 4 is 56.0 Å². The van der Waals surface area contributed by atoms with Gasteiger partial charge in [0.2, 0.25) is 5.95 Å². The second-order valence-corrected chi connectivity index (χ2v) is 17.0. The van der Waals surface area contributed by atoms with E-state index in [0.717, 1.165) is 67.1 Å². The van der Waals surface area contributed by atoms with Gasteiger partial charge < -0.3 is 9.32 Å². The van der Waals surface area contributed by atoms with Gasteiger partial charge in [0.1, 0.15) is 23.1 Å². The smallest absolute Gasteiger partial charge is 0.231 e. The Labute approximate surface area is 361 Å². The molecule has 0 bridgehead atoms. The Hall–Kier alpha value is -7.68.